The van der Waals surface area contributed by atoms with Gasteiger partial charge in [0.05, 0.1) is 6.54 Å². The Morgan fingerprint density at radius 2 is 1.47 bits per heavy atom. The van der Waals surface area contributed by atoms with E-state index in [1.54, 1.807) is 44.3 Å². The SMILES string of the molecule is C[C@@H]1NC(=O)[C@H](Cc2ccccc2)NC(=O)[C@H](C)NC(=O)C2(CCN(Cc3cccnc3)CC2)Oc2ccc(cc2)OCCNC1=O. The van der Waals surface area contributed by atoms with Crippen LogP contribution in [0.25, 0.3) is 0 Å². The third-order valence-electron chi connectivity index (χ3n) is 8.42. The van der Waals surface area contributed by atoms with Gasteiger partial charge in [-0.1, -0.05) is 36.4 Å². The number of nitrogens with one attached hydrogen (secondary N) is 4. The first-order chi connectivity index (χ1) is 22.7. The molecule has 1 fully saturated rings. The lowest BCUT2D eigenvalue weighted by Crippen LogP contribution is -2.61. The van der Waals surface area contributed by atoms with Crippen LogP contribution < -0.4 is 30.7 Å². The van der Waals surface area contributed by atoms with Gasteiger partial charge in [-0.3, -0.25) is 29.1 Å². The number of rotatable bonds is 4. The second-order valence-corrected chi connectivity index (χ2v) is 12.0. The number of fused-ring (bicyclic) bond motifs is 15. The van der Waals surface area contributed by atoms with Crippen LogP contribution in [0.5, 0.6) is 11.5 Å². The quantitative estimate of drug-likeness (QED) is 0.315. The first-order valence-electron chi connectivity index (χ1n) is 16.0. The molecule has 12 nitrogen and oxygen atoms in total. The molecule has 3 atom stereocenters. The molecule has 0 aliphatic carbocycles. The van der Waals surface area contributed by atoms with Crippen LogP contribution in [0.2, 0.25) is 0 Å². The Balaban J connectivity index is 1.37. The van der Waals surface area contributed by atoms with Crippen molar-refractivity contribution < 1.29 is 28.7 Å². The number of aromatic nitrogens is 1. The highest BCUT2D eigenvalue weighted by molar-refractivity contribution is 5.95. The van der Waals surface area contributed by atoms with Gasteiger partial charge in [-0.25, -0.2) is 0 Å². The highest BCUT2D eigenvalue weighted by Crippen LogP contribution is 2.31. The number of hydrogen-bond acceptors (Lipinski definition) is 8. The monoisotopic (exact) mass is 642 g/mol. The first kappa shape index (κ1) is 33.4. The number of amides is 4. The molecular formula is C35H42N6O6. The number of ether oxygens (including phenoxy) is 2. The Morgan fingerprint density at radius 1 is 0.787 bits per heavy atom. The van der Waals surface area contributed by atoms with Crippen molar-refractivity contribution in [2.75, 3.05) is 26.2 Å². The molecule has 1 saturated heterocycles. The summed E-state index contributed by atoms with van der Waals surface area (Å²) >= 11 is 0. The number of likely N-dealkylation sites (tertiary alicyclic amines) is 1. The second-order valence-electron chi connectivity index (χ2n) is 12.0. The van der Waals surface area contributed by atoms with E-state index in [2.05, 4.69) is 31.2 Å². The van der Waals surface area contributed by atoms with Gasteiger partial charge in [0, 0.05) is 51.3 Å². The Bertz CT molecular complexity index is 1510. The molecule has 3 aliphatic heterocycles. The molecule has 0 unspecified atom stereocenters. The molecule has 0 radical (unpaired) electrons. The fraction of sp³-hybridized carbons (Fsp3) is 0.400. The summed E-state index contributed by atoms with van der Waals surface area (Å²) in [6, 6.07) is 17.3. The third kappa shape index (κ3) is 9.07. The van der Waals surface area contributed by atoms with Gasteiger partial charge >= 0.3 is 0 Å². The van der Waals surface area contributed by atoms with E-state index >= 15 is 0 Å². The van der Waals surface area contributed by atoms with Crippen LogP contribution in [-0.4, -0.2) is 83.5 Å². The summed E-state index contributed by atoms with van der Waals surface area (Å²) in [5.74, 6) is -0.795. The number of benzene rings is 2. The van der Waals surface area contributed by atoms with Gasteiger partial charge in [0.2, 0.25) is 17.7 Å². The molecule has 3 aromatic rings. The fourth-order valence-corrected chi connectivity index (χ4v) is 5.65. The Labute approximate surface area is 274 Å². The number of hydrogen-bond donors (Lipinski definition) is 4. The molecule has 6 rings (SSSR count). The molecule has 2 bridgehead atoms. The number of pyridine rings is 1. The van der Waals surface area contributed by atoms with Crippen LogP contribution in [0.1, 0.15) is 37.8 Å². The van der Waals surface area contributed by atoms with E-state index in [0.29, 0.717) is 44.0 Å². The highest BCUT2D eigenvalue weighted by Gasteiger charge is 2.45. The van der Waals surface area contributed by atoms with E-state index < -0.39 is 41.4 Å². The van der Waals surface area contributed by atoms with Crippen molar-refractivity contribution >= 4 is 23.6 Å². The molecule has 248 valence electrons. The lowest BCUT2D eigenvalue weighted by atomic mass is 9.89. The van der Waals surface area contributed by atoms with Crippen molar-refractivity contribution in [3.63, 3.8) is 0 Å². The molecule has 4 amide bonds. The summed E-state index contributed by atoms with van der Waals surface area (Å²) in [5.41, 5.74) is 0.669. The van der Waals surface area contributed by atoms with Crippen molar-refractivity contribution in [2.45, 2.75) is 63.4 Å². The standard InChI is InChI=1S/C35H42N6O6/c1-24-31(42)37-17-20-46-28-10-12-29(13-11-28)47-35(14-18-41(19-15-35)23-27-9-6-16-36-22-27)34(45)39-25(2)32(43)40-30(33(44)38-24)21-26-7-4-3-5-8-26/h3-13,16,22,24-25,30H,14-15,17-21,23H2,1-2H3,(H,37,42)(H,38,44)(H,39,45)(H,40,43)/t24-,25-,30-/m0/s1. The summed E-state index contributed by atoms with van der Waals surface area (Å²) in [7, 11) is 0. The summed E-state index contributed by atoms with van der Waals surface area (Å²) in [4.78, 5) is 60.1. The summed E-state index contributed by atoms with van der Waals surface area (Å²) in [6.45, 7) is 5.45. The lowest BCUT2D eigenvalue weighted by molar-refractivity contribution is -0.144. The van der Waals surface area contributed by atoms with Gasteiger partial charge in [0.25, 0.3) is 5.91 Å². The van der Waals surface area contributed by atoms with Crippen LogP contribution in [0.4, 0.5) is 0 Å². The summed E-state index contributed by atoms with van der Waals surface area (Å²) < 4.78 is 12.2. The molecular weight excluding hydrogens is 600 g/mol. The molecule has 4 heterocycles. The highest BCUT2D eigenvalue weighted by atomic mass is 16.5. The smallest absolute Gasteiger partial charge is 0.264 e. The van der Waals surface area contributed by atoms with Gasteiger partial charge in [0.15, 0.2) is 5.60 Å². The second kappa shape index (κ2) is 15.5. The largest absolute Gasteiger partial charge is 0.492 e. The van der Waals surface area contributed by atoms with Crippen molar-refractivity contribution in [1.29, 1.82) is 0 Å². The minimum absolute atomic E-state index is 0.191. The summed E-state index contributed by atoms with van der Waals surface area (Å²) in [5, 5.41) is 11.1. The van der Waals surface area contributed by atoms with Crippen LogP contribution >= 0.6 is 0 Å². The maximum absolute atomic E-state index is 14.0. The maximum atomic E-state index is 14.0. The normalized spacial score (nSPS) is 23.0. The molecule has 1 spiro atoms. The van der Waals surface area contributed by atoms with E-state index in [1.165, 1.54) is 0 Å². The molecule has 2 aromatic carbocycles. The van der Waals surface area contributed by atoms with Crippen molar-refractivity contribution in [1.82, 2.24) is 31.2 Å². The first-order valence-corrected chi connectivity index (χ1v) is 16.0. The Kier molecular flexibility index (Phi) is 11.0. The van der Waals surface area contributed by atoms with Crippen molar-refractivity contribution in [2.24, 2.45) is 0 Å². The zero-order valence-electron chi connectivity index (χ0n) is 26.7. The molecule has 0 saturated carbocycles. The minimum Gasteiger partial charge on any atom is -0.492 e. The molecule has 12 heteroatoms. The predicted molar refractivity (Wildman–Crippen MR) is 174 cm³/mol. The van der Waals surface area contributed by atoms with E-state index in [-0.39, 0.29) is 25.5 Å². The van der Waals surface area contributed by atoms with Crippen molar-refractivity contribution in [3.8, 4) is 11.5 Å². The van der Waals surface area contributed by atoms with Gasteiger partial charge in [-0.2, -0.15) is 0 Å². The van der Waals surface area contributed by atoms with E-state index in [9.17, 15) is 19.2 Å². The number of piperidine rings is 1. The Hall–Kier alpha value is -4.97. The fourth-order valence-electron chi connectivity index (χ4n) is 5.65. The molecule has 3 aliphatic rings. The van der Waals surface area contributed by atoms with E-state index in [0.717, 1.165) is 11.1 Å². The predicted octanol–water partition coefficient (Wildman–Crippen LogP) is 1.74. The van der Waals surface area contributed by atoms with E-state index in [4.69, 9.17) is 9.47 Å². The molecule has 4 N–H and O–H groups in total. The summed E-state index contributed by atoms with van der Waals surface area (Å²) in [6.07, 6.45) is 4.54. The Morgan fingerprint density at radius 3 is 2.17 bits per heavy atom. The van der Waals surface area contributed by atoms with E-state index in [1.807, 2.05) is 48.7 Å². The third-order valence-corrected chi connectivity index (χ3v) is 8.42. The zero-order valence-corrected chi connectivity index (χ0v) is 26.7. The number of carbonyl (C=O) groups excluding carboxylic acids is 4. The minimum atomic E-state index is -1.23. The van der Waals surface area contributed by atoms with Crippen LogP contribution in [0.15, 0.2) is 79.1 Å². The molecule has 47 heavy (non-hydrogen) atoms. The average molecular weight is 643 g/mol. The van der Waals surface area contributed by atoms with Gasteiger partial charge in [0.1, 0.15) is 36.2 Å². The maximum Gasteiger partial charge on any atom is 0.264 e. The zero-order chi connectivity index (χ0) is 33.2. The number of nitrogens with zero attached hydrogens (tertiary/aromatic N) is 2. The van der Waals surface area contributed by atoms with Crippen LogP contribution in [-0.2, 0) is 32.1 Å². The van der Waals surface area contributed by atoms with Gasteiger partial charge < -0.3 is 30.7 Å². The lowest BCUT2D eigenvalue weighted by Gasteiger charge is -2.41. The van der Waals surface area contributed by atoms with Crippen LogP contribution in [0.3, 0.4) is 0 Å². The van der Waals surface area contributed by atoms with Crippen molar-refractivity contribution in [3.05, 3.63) is 90.3 Å². The molecule has 1 aromatic heterocycles. The topological polar surface area (TPSA) is 151 Å². The van der Waals surface area contributed by atoms with Gasteiger partial charge in [-0.15, -0.1) is 0 Å². The van der Waals surface area contributed by atoms with Gasteiger partial charge in [-0.05, 0) is 55.3 Å². The number of carbonyl (C=O) groups is 4. The average Bonchev–Trinajstić information content (AvgIpc) is 3.08. The van der Waals surface area contributed by atoms with Crippen LogP contribution in [0, 0.1) is 0 Å².